The van der Waals surface area contributed by atoms with Crippen LogP contribution >= 0.6 is 11.6 Å². The highest BCUT2D eigenvalue weighted by molar-refractivity contribution is 6.31. The van der Waals surface area contributed by atoms with E-state index in [9.17, 15) is 9.59 Å². The minimum Gasteiger partial charge on any atom is -0.371 e. The summed E-state index contributed by atoms with van der Waals surface area (Å²) in [5, 5.41) is 0.909. The maximum absolute atomic E-state index is 13.1. The lowest BCUT2D eigenvalue weighted by atomic mass is 9.98. The Kier molecular flexibility index (Phi) is 6.13. The van der Waals surface area contributed by atoms with Crippen LogP contribution in [-0.2, 0) is 0 Å². The molecule has 2 saturated heterocycles. The second-order valence-corrected chi connectivity index (χ2v) is 10.3. The van der Waals surface area contributed by atoms with Crippen molar-refractivity contribution >= 4 is 34.1 Å². The minimum atomic E-state index is -0.741. The lowest BCUT2D eigenvalue weighted by molar-refractivity contribution is 0.1000. The van der Waals surface area contributed by atoms with Crippen molar-refractivity contribution in [2.75, 3.05) is 31.1 Å². The number of fused-ring (bicyclic) bond motifs is 1. The van der Waals surface area contributed by atoms with Gasteiger partial charge in [0.15, 0.2) is 0 Å². The Morgan fingerprint density at radius 1 is 1.18 bits per heavy atom. The number of pyridine rings is 1. The molecular weight excluding hydrogens is 448 g/mol. The predicted molar refractivity (Wildman–Crippen MR) is 139 cm³/mol. The second kappa shape index (κ2) is 9.08. The van der Waals surface area contributed by atoms with E-state index in [1.807, 2.05) is 13.0 Å². The minimum absolute atomic E-state index is 0.0216. The van der Waals surface area contributed by atoms with Gasteiger partial charge >= 0.3 is 0 Å². The summed E-state index contributed by atoms with van der Waals surface area (Å²) in [5.41, 5.74) is 9.21. The van der Waals surface area contributed by atoms with E-state index >= 15 is 0 Å². The molecule has 0 spiro atoms. The largest absolute Gasteiger partial charge is 0.371 e. The van der Waals surface area contributed by atoms with E-state index < -0.39 is 5.91 Å². The summed E-state index contributed by atoms with van der Waals surface area (Å²) in [4.78, 5) is 33.7. The first-order chi connectivity index (χ1) is 16.3. The summed E-state index contributed by atoms with van der Waals surface area (Å²) < 4.78 is 0. The smallest absolute Gasteiger partial charge is 0.254 e. The molecule has 3 N–H and O–H groups in total. The zero-order chi connectivity index (χ0) is 24.0. The molecule has 0 saturated carbocycles. The van der Waals surface area contributed by atoms with Gasteiger partial charge in [0, 0.05) is 47.3 Å². The van der Waals surface area contributed by atoms with Crippen LogP contribution in [0.15, 0.2) is 41.2 Å². The average molecular weight is 479 g/mol. The lowest BCUT2D eigenvalue weighted by Gasteiger charge is -2.25. The van der Waals surface area contributed by atoms with Crippen molar-refractivity contribution in [2.24, 2.45) is 11.7 Å². The van der Waals surface area contributed by atoms with E-state index in [1.165, 1.54) is 38.0 Å². The highest BCUT2D eigenvalue weighted by atomic mass is 35.5. The molecule has 1 amide bonds. The normalized spacial score (nSPS) is 21.0. The lowest BCUT2D eigenvalue weighted by Crippen LogP contribution is -2.33. The topological polar surface area (TPSA) is 82.4 Å². The Bertz CT molecular complexity index is 1320. The third kappa shape index (κ3) is 4.21. The van der Waals surface area contributed by atoms with Crippen LogP contribution in [0.3, 0.4) is 0 Å². The number of hydrogen-bond donors (Lipinski definition) is 2. The Labute approximate surface area is 204 Å². The number of rotatable bonds is 5. The summed E-state index contributed by atoms with van der Waals surface area (Å²) in [6.07, 6.45) is 3.83. The molecule has 2 unspecified atom stereocenters. The third-order valence-corrected chi connectivity index (χ3v) is 7.76. The zero-order valence-corrected chi connectivity index (χ0v) is 20.5. The van der Waals surface area contributed by atoms with E-state index in [4.69, 9.17) is 17.3 Å². The number of carbonyl (C=O) groups is 1. The molecule has 1 aromatic heterocycles. The number of aromatic amines is 1. The van der Waals surface area contributed by atoms with Gasteiger partial charge in [-0.15, -0.1) is 0 Å². The van der Waals surface area contributed by atoms with Crippen LogP contribution in [0.5, 0.6) is 0 Å². The van der Waals surface area contributed by atoms with Gasteiger partial charge in [-0.05, 0) is 81.5 Å². The summed E-state index contributed by atoms with van der Waals surface area (Å²) in [7, 11) is 0. The zero-order valence-electron chi connectivity index (χ0n) is 19.7. The quantitative estimate of drug-likeness (QED) is 0.563. The van der Waals surface area contributed by atoms with Crippen molar-refractivity contribution in [1.82, 2.24) is 9.88 Å². The molecule has 5 rings (SSSR count). The van der Waals surface area contributed by atoms with E-state index in [2.05, 4.69) is 33.8 Å². The number of aryl methyl sites for hydroxylation is 1. The summed E-state index contributed by atoms with van der Waals surface area (Å²) >= 11 is 6.15. The molecule has 6 nitrogen and oxygen atoms in total. The van der Waals surface area contributed by atoms with Crippen LogP contribution in [0.2, 0.25) is 5.02 Å². The van der Waals surface area contributed by atoms with Gasteiger partial charge in [-0.3, -0.25) is 9.59 Å². The Hall–Kier alpha value is -2.83. The van der Waals surface area contributed by atoms with Gasteiger partial charge in [0.05, 0.1) is 11.2 Å². The van der Waals surface area contributed by atoms with E-state index in [-0.39, 0.29) is 11.0 Å². The van der Waals surface area contributed by atoms with Crippen molar-refractivity contribution in [3.8, 4) is 11.3 Å². The van der Waals surface area contributed by atoms with Gasteiger partial charge in [0.25, 0.3) is 5.91 Å². The summed E-state index contributed by atoms with van der Waals surface area (Å²) in [6, 6.07) is 11.9. The van der Waals surface area contributed by atoms with Gasteiger partial charge in [-0.2, -0.15) is 0 Å². The molecule has 2 aromatic carbocycles. The molecule has 0 aliphatic carbocycles. The number of carbonyl (C=O) groups excluding carboxylic acids is 1. The van der Waals surface area contributed by atoms with Crippen LogP contribution in [0.1, 0.15) is 42.1 Å². The second-order valence-electron chi connectivity index (χ2n) is 9.84. The number of primary amides is 1. The van der Waals surface area contributed by atoms with Gasteiger partial charge < -0.3 is 20.5 Å². The number of H-pyrrole nitrogens is 1. The highest BCUT2D eigenvalue weighted by Gasteiger charge is 2.29. The molecule has 2 aliphatic heterocycles. The van der Waals surface area contributed by atoms with Crippen LogP contribution in [-0.4, -0.2) is 48.0 Å². The van der Waals surface area contributed by atoms with E-state index in [0.717, 1.165) is 24.2 Å². The number of nitrogens with zero attached hydrogens (tertiary/aromatic N) is 2. The molecule has 2 fully saturated rings. The SMILES string of the molecule is Cc1cc(N2CCC(CN3CCCC3C)C2)ccc1-c1[nH]c2cc(Cl)ccc2c(=O)c1C(N)=O. The monoisotopic (exact) mass is 478 g/mol. The van der Waals surface area contributed by atoms with Crippen molar-refractivity contribution in [3.63, 3.8) is 0 Å². The van der Waals surface area contributed by atoms with Crippen LogP contribution < -0.4 is 16.1 Å². The Morgan fingerprint density at radius 3 is 2.71 bits per heavy atom. The first-order valence-corrected chi connectivity index (χ1v) is 12.4. The van der Waals surface area contributed by atoms with Crippen LogP contribution in [0.4, 0.5) is 5.69 Å². The Morgan fingerprint density at radius 2 is 2.00 bits per heavy atom. The number of benzene rings is 2. The standard InChI is InChI=1S/C27H31ClN4O2/c1-16-12-20(32-11-9-18(15-32)14-31-10-3-4-17(31)2)6-8-21(16)25-24(27(29)34)26(33)22-7-5-19(28)13-23(22)30-25/h5-8,12-13,17-18H,3-4,9-11,14-15H2,1-2H3,(H2,29,34)(H,30,33). The first kappa shape index (κ1) is 22.9. The molecule has 3 heterocycles. The van der Waals surface area contributed by atoms with Crippen LogP contribution in [0, 0.1) is 12.8 Å². The number of likely N-dealkylation sites (tertiary alicyclic amines) is 1. The number of halogens is 1. The van der Waals surface area contributed by atoms with Crippen molar-refractivity contribution in [1.29, 1.82) is 0 Å². The van der Waals surface area contributed by atoms with Gasteiger partial charge in [0.2, 0.25) is 5.43 Å². The first-order valence-electron chi connectivity index (χ1n) is 12.1. The third-order valence-electron chi connectivity index (χ3n) is 7.52. The fourth-order valence-corrected chi connectivity index (χ4v) is 5.81. The van der Waals surface area contributed by atoms with Crippen molar-refractivity contribution in [3.05, 3.63) is 62.8 Å². The average Bonchev–Trinajstić information content (AvgIpc) is 3.42. The highest BCUT2D eigenvalue weighted by Crippen LogP contribution is 2.32. The molecule has 0 bridgehead atoms. The van der Waals surface area contributed by atoms with Gasteiger partial charge in [-0.25, -0.2) is 0 Å². The summed E-state index contributed by atoms with van der Waals surface area (Å²) in [5.74, 6) is -0.0568. The van der Waals surface area contributed by atoms with E-state index in [0.29, 0.717) is 33.6 Å². The molecule has 34 heavy (non-hydrogen) atoms. The predicted octanol–water partition coefficient (Wildman–Crippen LogP) is 4.57. The molecule has 2 atom stereocenters. The molecule has 7 heteroatoms. The number of aromatic nitrogens is 1. The fourth-order valence-electron chi connectivity index (χ4n) is 5.64. The molecule has 2 aliphatic rings. The fraction of sp³-hybridized carbons (Fsp3) is 0.407. The van der Waals surface area contributed by atoms with E-state index in [1.54, 1.807) is 18.2 Å². The number of anilines is 1. The van der Waals surface area contributed by atoms with Crippen molar-refractivity contribution in [2.45, 2.75) is 39.2 Å². The van der Waals surface area contributed by atoms with Crippen LogP contribution in [0.25, 0.3) is 22.2 Å². The number of amides is 1. The van der Waals surface area contributed by atoms with Gasteiger partial charge in [0.1, 0.15) is 5.56 Å². The maximum Gasteiger partial charge on any atom is 0.254 e. The van der Waals surface area contributed by atoms with Gasteiger partial charge in [-0.1, -0.05) is 17.7 Å². The number of nitrogens with two attached hydrogens (primary N) is 1. The maximum atomic E-state index is 13.1. The Balaban J connectivity index is 1.45. The molecule has 178 valence electrons. The summed E-state index contributed by atoms with van der Waals surface area (Å²) in [6.45, 7) is 8.85. The molecule has 3 aromatic rings. The number of hydrogen-bond acceptors (Lipinski definition) is 4. The van der Waals surface area contributed by atoms with Crippen molar-refractivity contribution < 1.29 is 4.79 Å². The molecular formula is C27H31ClN4O2. The molecule has 0 radical (unpaired) electrons. The number of nitrogens with one attached hydrogen (secondary N) is 1.